The second kappa shape index (κ2) is 8.64. The van der Waals surface area contributed by atoms with Gasteiger partial charge in [0.2, 0.25) is 0 Å². The molecule has 2 heterocycles. The van der Waals surface area contributed by atoms with Crippen molar-refractivity contribution >= 4 is 34.5 Å². The largest absolute Gasteiger partial charge is 0.494 e. The quantitative estimate of drug-likeness (QED) is 0.457. The van der Waals surface area contributed by atoms with Crippen molar-refractivity contribution in [3.05, 3.63) is 70.7 Å². The lowest BCUT2D eigenvalue weighted by molar-refractivity contribution is 0.103. The van der Waals surface area contributed by atoms with Crippen molar-refractivity contribution in [3.8, 4) is 22.0 Å². The highest BCUT2D eigenvalue weighted by Gasteiger charge is 2.18. The Hall–Kier alpha value is -3.23. The first-order valence-electron chi connectivity index (χ1n) is 9.21. The van der Waals surface area contributed by atoms with Gasteiger partial charge in [0.1, 0.15) is 28.3 Å². The van der Waals surface area contributed by atoms with Crippen molar-refractivity contribution in [1.29, 1.82) is 0 Å². The van der Waals surface area contributed by atoms with Crippen LogP contribution in [0.2, 0.25) is 5.02 Å². The van der Waals surface area contributed by atoms with Crippen molar-refractivity contribution in [2.75, 3.05) is 11.9 Å². The maximum atomic E-state index is 13.0. The summed E-state index contributed by atoms with van der Waals surface area (Å²) in [4.78, 5) is 22.1. The molecule has 0 saturated carbocycles. The molecule has 9 heteroatoms. The second-order valence-corrected chi connectivity index (χ2v) is 7.78. The molecule has 7 nitrogen and oxygen atoms in total. The van der Waals surface area contributed by atoms with E-state index in [0.717, 1.165) is 16.3 Å². The Bertz CT molecular complexity index is 1170. The van der Waals surface area contributed by atoms with E-state index in [1.54, 1.807) is 29.2 Å². The van der Waals surface area contributed by atoms with Gasteiger partial charge in [-0.3, -0.25) is 4.79 Å². The summed E-state index contributed by atoms with van der Waals surface area (Å²) in [6.07, 6.45) is 2.98. The Morgan fingerprint density at radius 2 is 2.03 bits per heavy atom. The molecule has 30 heavy (non-hydrogen) atoms. The average Bonchev–Trinajstić information content (AvgIpc) is 3.39. The first-order chi connectivity index (χ1) is 14.5. The zero-order chi connectivity index (χ0) is 21.1. The normalized spacial score (nSPS) is 10.8. The van der Waals surface area contributed by atoms with E-state index in [-0.39, 0.29) is 5.91 Å². The second-order valence-electron chi connectivity index (χ2n) is 6.35. The van der Waals surface area contributed by atoms with E-state index in [1.807, 2.05) is 38.1 Å². The van der Waals surface area contributed by atoms with Crippen LogP contribution >= 0.6 is 22.9 Å². The molecule has 4 aromatic rings. The molecule has 0 radical (unpaired) electrons. The zero-order valence-electron chi connectivity index (χ0n) is 16.3. The highest BCUT2D eigenvalue weighted by atomic mass is 35.5. The van der Waals surface area contributed by atoms with Crippen molar-refractivity contribution in [2.45, 2.75) is 13.8 Å². The number of benzene rings is 2. The Balaban J connectivity index is 1.60. The maximum Gasteiger partial charge on any atom is 0.267 e. The van der Waals surface area contributed by atoms with Crippen LogP contribution < -0.4 is 10.1 Å². The summed E-state index contributed by atoms with van der Waals surface area (Å²) in [6, 6.07) is 12.8. The minimum absolute atomic E-state index is 0.259. The molecule has 0 saturated heterocycles. The van der Waals surface area contributed by atoms with Gasteiger partial charge in [0.05, 0.1) is 23.7 Å². The van der Waals surface area contributed by atoms with E-state index in [4.69, 9.17) is 16.3 Å². The van der Waals surface area contributed by atoms with E-state index >= 15 is 0 Å². The molecule has 0 fully saturated rings. The summed E-state index contributed by atoms with van der Waals surface area (Å²) in [6.45, 7) is 4.37. The third-order valence-electron chi connectivity index (χ3n) is 4.29. The van der Waals surface area contributed by atoms with Crippen LogP contribution in [0.1, 0.15) is 22.3 Å². The van der Waals surface area contributed by atoms with Crippen LogP contribution in [0.3, 0.4) is 0 Å². The molecular weight excluding hydrogens is 422 g/mol. The van der Waals surface area contributed by atoms with Crippen LogP contribution in [0.25, 0.3) is 16.3 Å². The number of rotatable bonds is 6. The summed E-state index contributed by atoms with van der Waals surface area (Å²) in [5.41, 5.74) is 2.79. The van der Waals surface area contributed by atoms with Crippen LogP contribution in [0, 0.1) is 6.92 Å². The number of carbonyl (C=O) groups excluding carboxylic acids is 1. The van der Waals surface area contributed by atoms with Crippen LogP contribution in [-0.2, 0) is 0 Å². The minimum Gasteiger partial charge on any atom is -0.494 e. The lowest BCUT2D eigenvalue weighted by Gasteiger charge is -2.11. The minimum atomic E-state index is -0.259. The van der Waals surface area contributed by atoms with Crippen LogP contribution in [0.15, 0.2) is 55.1 Å². The molecule has 0 aliphatic rings. The standard InChI is InChI=1S/C21H18ClN5O2S/c1-3-29-16-7-4-14(5-8-16)21-25-13(2)19(30-21)20(28)26-17-10-15(22)6-9-18(17)27-12-23-11-24-27/h4-12H,3H2,1-2H3,(H,26,28). The molecule has 152 valence electrons. The van der Waals surface area contributed by atoms with Gasteiger partial charge in [0.25, 0.3) is 5.91 Å². The Morgan fingerprint density at radius 3 is 2.73 bits per heavy atom. The number of hydrogen-bond acceptors (Lipinski definition) is 6. The van der Waals surface area contributed by atoms with E-state index < -0.39 is 0 Å². The van der Waals surface area contributed by atoms with Gasteiger partial charge in [-0.1, -0.05) is 11.6 Å². The van der Waals surface area contributed by atoms with Gasteiger partial charge in [-0.05, 0) is 56.3 Å². The number of aromatic nitrogens is 4. The van der Waals surface area contributed by atoms with Crippen molar-refractivity contribution in [1.82, 2.24) is 19.7 Å². The Labute approximate surface area is 182 Å². The molecule has 0 unspecified atom stereocenters. The molecule has 0 bridgehead atoms. The third-order valence-corrected chi connectivity index (χ3v) is 5.73. The van der Waals surface area contributed by atoms with Crippen LogP contribution in [0.4, 0.5) is 5.69 Å². The summed E-state index contributed by atoms with van der Waals surface area (Å²) in [7, 11) is 0. The van der Waals surface area contributed by atoms with Gasteiger partial charge in [-0.15, -0.1) is 11.3 Å². The SMILES string of the molecule is CCOc1ccc(-c2nc(C)c(C(=O)Nc3cc(Cl)ccc3-n3cncn3)s2)cc1. The van der Waals surface area contributed by atoms with Gasteiger partial charge in [0.15, 0.2) is 0 Å². The molecule has 0 atom stereocenters. The van der Waals surface area contributed by atoms with Crippen molar-refractivity contribution in [3.63, 3.8) is 0 Å². The number of nitrogens with one attached hydrogen (secondary N) is 1. The molecule has 2 aromatic carbocycles. The van der Waals surface area contributed by atoms with E-state index in [1.165, 1.54) is 17.7 Å². The number of hydrogen-bond donors (Lipinski definition) is 1. The molecule has 2 aromatic heterocycles. The maximum absolute atomic E-state index is 13.0. The van der Waals surface area contributed by atoms with Gasteiger partial charge >= 0.3 is 0 Å². The van der Waals surface area contributed by atoms with Gasteiger partial charge in [-0.2, -0.15) is 5.10 Å². The summed E-state index contributed by atoms with van der Waals surface area (Å²) in [5.74, 6) is 0.542. The predicted molar refractivity (Wildman–Crippen MR) is 118 cm³/mol. The molecular formula is C21H18ClN5O2S. The Kier molecular flexibility index (Phi) is 5.78. The highest BCUT2D eigenvalue weighted by Crippen LogP contribution is 2.31. The van der Waals surface area contributed by atoms with E-state index in [0.29, 0.717) is 33.6 Å². The van der Waals surface area contributed by atoms with Gasteiger partial charge in [-0.25, -0.2) is 14.6 Å². The number of amides is 1. The smallest absolute Gasteiger partial charge is 0.267 e. The fraction of sp³-hybridized carbons (Fsp3) is 0.143. The zero-order valence-corrected chi connectivity index (χ0v) is 17.9. The topological polar surface area (TPSA) is 81.9 Å². The number of nitrogens with zero attached hydrogens (tertiary/aromatic N) is 4. The lowest BCUT2D eigenvalue weighted by Crippen LogP contribution is -2.14. The van der Waals surface area contributed by atoms with Crippen molar-refractivity contribution in [2.24, 2.45) is 0 Å². The predicted octanol–water partition coefficient (Wildman–Crippen LogP) is 5.00. The van der Waals surface area contributed by atoms with Gasteiger partial charge in [0, 0.05) is 10.6 Å². The molecule has 0 aliphatic heterocycles. The van der Waals surface area contributed by atoms with Crippen LogP contribution in [-0.4, -0.2) is 32.3 Å². The fourth-order valence-electron chi connectivity index (χ4n) is 2.91. The molecule has 0 aliphatic carbocycles. The molecule has 4 rings (SSSR count). The van der Waals surface area contributed by atoms with E-state index in [9.17, 15) is 4.79 Å². The number of aryl methyl sites for hydroxylation is 1. The lowest BCUT2D eigenvalue weighted by atomic mass is 10.2. The number of halogens is 1. The van der Waals surface area contributed by atoms with E-state index in [2.05, 4.69) is 20.4 Å². The molecule has 1 N–H and O–H groups in total. The number of carbonyl (C=O) groups is 1. The average molecular weight is 440 g/mol. The summed E-state index contributed by atoms with van der Waals surface area (Å²) >= 11 is 7.48. The van der Waals surface area contributed by atoms with Gasteiger partial charge < -0.3 is 10.1 Å². The first-order valence-corrected chi connectivity index (χ1v) is 10.4. The van der Waals surface area contributed by atoms with Crippen molar-refractivity contribution < 1.29 is 9.53 Å². The highest BCUT2D eigenvalue weighted by molar-refractivity contribution is 7.17. The number of ether oxygens (including phenoxy) is 1. The monoisotopic (exact) mass is 439 g/mol. The fourth-order valence-corrected chi connectivity index (χ4v) is 4.05. The molecule has 1 amide bonds. The number of thiazole rings is 1. The third kappa shape index (κ3) is 4.19. The summed E-state index contributed by atoms with van der Waals surface area (Å²) in [5, 5.41) is 8.33. The first kappa shape index (κ1) is 20.1. The molecule has 0 spiro atoms. The Morgan fingerprint density at radius 1 is 1.23 bits per heavy atom. The summed E-state index contributed by atoms with van der Waals surface area (Å²) < 4.78 is 7.04. The van der Waals surface area contributed by atoms with Crippen LogP contribution in [0.5, 0.6) is 5.75 Å². The number of anilines is 1.